The van der Waals surface area contributed by atoms with Gasteiger partial charge in [-0.3, -0.25) is 0 Å². The number of hydrogen-bond donors (Lipinski definition) is 1. The van der Waals surface area contributed by atoms with E-state index in [4.69, 9.17) is 10.5 Å². The minimum absolute atomic E-state index is 0.0411. The lowest BCUT2D eigenvalue weighted by atomic mass is 10.4. The second-order valence-corrected chi connectivity index (χ2v) is 4.19. The van der Waals surface area contributed by atoms with Crippen LogP contribution in [0.5, 0.6) is 5.88 Å². The van der Waals surface area contributed by atoms with Gasteiger partial charge in [-0.25, -0.2) is 4.68 Å². The van der Waals surface area contributed by atoms with E-state index in [1.54, 1.807) is 16.9 Å². The molecular weight excluding hydrogens is 216 g/mol. The van der Waals surface area contributed by atoms with E-state index in [1.807, 2.05) is 33.0 Å². The third-order valence-corrected chi connectivity index (χ3v) is 2.17. The Morgan fingerprint density at radius 2 is 2.12 bits per heavy atom. The number of pyridine rings is 1. The van der Waals surface area contributed by atoms with E-state index < -0.39 is 0 Å². The normalized spacial score (nSPS) is 10.8. The SMILES string of the molecule is Cc1cnn(-c2ccc(N)c(OC(C)C)n2)c1. The number of hydrogen-bond acceptors (Lipinski definition) is 4. The van der Waals surface area contributed by atoms with Crippen LogP contribution in [0.25, 0.3) is 5.82 Å². The fourth-order valence-electron chi connectivity index (χ4n) is 1.42. The van der Waals surface area contributed by atoms with E-state index in [1.165, 1.54) is 0 Å². The molecule has 0 amide bonds. The molecule has 0 spiro atoms. The van der Waals surface area contributed by atoms with Crippen LogP contribution in [0.3, 0.4) is 0 Å². The Morgan fingerprint density at radius 3 is 2.71 bits per heavy atom. The van der Waals surface area contributed by atoms with Crippen molar-refractivity contribution in [2.24, 2.45) is 0 Å². The van der Waals surface area contributed by atoms with Gasteiger partial charge in [0, 0.05) is 6.20 Å². The van der Waals surface area contributed by atoms with Gasteiger partial charge in [0.25, 0.3) is 0 Å². The number of aromatic nitrogens is 3. The smallest absolute Gasteiger partial charge is 0.239 e. The summed E-state index contributed by atoms with van der Waals surface area (Å²) < 4.78 is 7.23. The summed E-state index contributed by atoms with van der Waals surface area (Å²) in [6.45, 7) is 5.85. The molecule has 0 saturated carbocycles. The molecule has 0 aromatic carbocycles. The predicted molar refractivity (Wildman–Crippen MR) is 66.3 cm³/mol. The lowest BCUT2D eigenvalue weighted by Gasteiger charge is -2.11. The molecule has 0 aliphatic heterocycles. The van der Waals surface area contributed by atoms with Gasteiger partial charge in [-0.05, 0) is 38.5 Å². The van der Waals surface area contributed by atoms with Gasteiger partial charge < -0.3 is 10.5 Å². The molecule has 0 radical (unpaired) electrons. The maximum atomic E-state index is 5.80. The van der Waals surface area contributed by atoms with Crippen LogP contribution in [0.2, 0.25) is 0 Å². The zero-order chi connectivity index (χ0) is 12.4. The Morgan fingerprint density at radius 1 is 1.35 bits per heavy atom. The summed E-state index contributed by atoms with van der Waals surface area (Å²) in [4.78, 5) is 4.35. The fraction of sp³-hybridized carbons (Fsp3) is 0.333. The number of nitrogen functional groups attached to an aromatic ring is 1. The summed E-state index contributed by atoms with van der Waals surface area (Å²) in [5.74, 6) is 1.15. The molecule has 2 aromatic heterocycles. The minimum Gasteiger partial charge on any atom is -0.473 e. The largest absolute Gasteiger partial charge is 0.473 e. The lowest BCUT2D eigenvalue weighted by molar-refractivity contribution is 0.234. The highest BCUT2D eigenvalue weighted by atomic mass is 16.5. The first-order valence-corrected chi connectivity index (χ1v) is 5.51. The van der Waals surface area contributed by atoms with E-state index in [2.05, 4.69) is 10.1 Å². The summed E-state index contributed by atoms with van der Waals surface area (Å²) in [6, 6.07) is 3.59. The van der Waals surface area contributed by atoms with Crippen LogP contribution in [0.1, 0.15) is 19.4 Å². The van der Waals surface area contributed by atoms with Crippen molar-refractivity contribution in [2.45, 2.75) is 26.9 Å². The Hall–Kier alpha value is -2.04. The average Bonchev–Trinajstić information content (AvgIpc) is 2.67. The lowest BCUT2D eigenvalue weighted by Crippen LogP contribution is -2.10. The first-order chi connectivity index (χ1) is 8.06. The van der Waals surface area contributed by atoms with Gasteiger partial charge in [0.1, 0.15) is 0 Å². The van der Waals surface area contributed by atoms with Gasteiger partial charge in [-0.2, -0.15) is 10.1 Å². The molecule has 5 nitrogen and oxygen atoms in total. The van der Waals surface area contributed by atoms with Crippen LogP contribution in [0.4, 0.5) is 5.69 Å². The van der Waals surface area contributed by atoms with Crippen LogP contribution in [-0.4, -0.2) is 20.9 Å². The van der Waals surface area contributed by atoms with Gasteiger partial charge in [0.05, 0.1) is 18.0 Å². The van der Waals surface area contributed by atoms with Crippen molar-refractivity contribution < 1.29 is 4.74 Å². The molecule has 0 saturated heterocycles. The third kappa shape index (κ3) is 2.55. The molecule has 90 valence electrons. The first kappa shape index (κ1) is 11.4. The van der Waals surface area contributed by atoms with E-state index in [9.17, 15) is 0 Å². The molecule has 0 atom stereocenters. The number of ether oxygens (including phenoxy) is 1. The zero-order valence-corrected chi connectivity index (χ0v) is 10.2. The van der Waals surface area contributed by atoms with Crippen LogP contribution in [0, 0.1) is 6.92 Å². The number of nitrogens with two attached hydrogens (primary N) is 1. The molecule has 0 bridgehead atoms. The van der Waals surface area contributed by atoms with Gasteiger partial charge in [-0.15, -0.1) is 0 Å². The van der Waals surface area contributed by atoms with Crippen LogP contribution >= 0.6 is 0 Å². The summed E-state index contributed by atoms with van der Waals surface area (Å²) in [5, 5.41) is 4.19. The van der Waals surface area contributed by atoms with E-state index in [0.29, 0.717) is 17.4 Å². The number of anilines is 1. The molecule has 0 unspecified atom stereocenters. The molecule has 2 N–H and O–H groups in total. The van der Waals surface area contributed by atoms with Gasteiger partial charge in [0.2, 0.25) is 5.88 Å². The maximum absolute atomic E-state index is 5.80. The predicted octanol–water partition coefficient (Wildman–Crippen LogP) is 1.95. The minimum atomic E-state index is 0.0411. The maximum Gasteiger partial charge on any atom is 0.239 e. The van der Waals surface area contributed by atoms with Gasteiger partial charge in [0.15, 0.2) is 5.82 Å². The van der Waals surface area contributed by atoms with Crippen molar-refractivity contribution in [2.75, 3.05) is 5.73 Å². The Bertz CT molecular complexity index is 519. The monoisotopic (exact) mass is 232 g/mol. The molecule has 5 heteroatoms. The fourth-order valence-corrected chi connectivity index (χ4v) is 1.42. The average molecular weight is 232 g/mol. The Balaban J connectivity index is 2.36. The quantitative estimate of drug-likeness (QED) is 0.878. The van der Waals surface area contributed by atoms with Crippen molar-refractivity contribution >= 4 is 5.69 Å². The highest BCUT2D eigenvalue weighted by molar-refractivity contribution is 5.50. The molecular formula is C12H16N4O. The van der Waals surface area contributed by atoms with E-state index in [-0.39, 0.29) is 6.10 Å². The second-order valence-electron chi connectivity index (χ2n) is 4.19. The summed E-state index contributed by atoms with van der Waals surface area (Å²) >= 11 is 0. The third-order valence-electron chi connectivity index (χ3n) is 2.17. The van der Waals surface area contributed by atoms with Crippen molar-refractivity contribution in [3.8, 4) is 11.7 Å². The van der Waals surface area contributed by atoms with E-state index >= 15 is 0 Å². The molecule has 0 aliphatic rings. The Kier molecular flexibility index (Phi) is 2.99. The highest BCUT2D eigenvalue weighted by Crippen LogP contribution is 2.21. The van der Waals surface area contributed by atoms with Crippen LogP contribution < -0.4 is 10.5 Å². The first-order valence-electron chi connectivity index (χ1n) is 5.51. The van der Waals surface area contributed by atoms with Crippen molar-refractivity contribution in [1.29, 1.82) is 0 Å². The molecule has 2 aromatic rings. The zero-order valence-electron chi connectivity index (χ0n) is 10.2. The van der Waals surface area contributed by atoms with Crippen LogP contribution in [-0.2, 0) is 0 Å². The molecule has 2 heterocycles. The number of aryl methyl sites for hydroxylation is 1. The molecule has 2 rings (SSSR count). The topological polar surface area (TPSA) is 66.0 Å². The van der Waals surface area contributed by atoms with Crippen molar-refractivity contribution in [3.63, 3.8) is 0 Å². The van der Waals surface area contributed by atoms with E-state index in [0.717, 1.165) is 5.56 Å². The van der Waals surface area contributed by atoms with Gasteiger partial charge >= 0.3 is 0 Å². The standard InChI is InChI=1S/C12H16N4O/c1-8(2)17-12-10(13)4-5-11(15-12)16-7-9(3)6-14-16/h4-8H,13H2,1-3H3. The molecule has 0 fully saturated rings. The summed E-state index contributed by atoms with van der Waals surface area (Å²) in [6.07, 6.45) is 3.72. The molecule has 0 aliphatic carbocycles. The van der Waals surface area contributed by atoms with Crippen LogP contribution in [0.15, 0.2) is 24.5 Å². The number of nitrogens with zero attached hydrogens (tertiary/aromatic N) is 3. The van der Waals surface area contributed by atoms with Crippen molar-refractivity contribution in [3.05, 3.63) is 30.1 Å². The second kappa shape index (κ2) is 4.45. The summed E-state index contributed by atoms with van der Waals surface area (Å²) in [5.41, 5.74) is 7.42. The molecule has 17 heavy (non-hydrogen) atoms. The Labute approximate surface area is 100 Å². The highest BCUT2D eigenvalue weighted by Gasteiger charge is 2.08. The summed E-state index contributed by atoms with van der Waals surface area (Å²) in [7, 11) is 0. The van der Waals surface area contributed by atoms with Gasteiger partial charge in [-0.1, -0.05) is 0 Å². The number of rotatable bonds is 3. The van der Waals surface area contributed by atoms with Crippen molar-refractivity contribution in [1.82, 2.24) is 14.8 Å².